The van der Waals surface area contributed by atoms with Gasteiger partial charge in [0.05, 0.1) is 19.3 Å². The third kappa shape index (κ3) is 3.05. The van der Waals surface area contributed by atoms with Crippen LogP contribution in [-0.2, 0) is 9.47 Å². The van der Waals surface area contributed by atoms with E-state index in [1.165, 1.54) is 12.8 Å². The largest absolute Gasteiger partial charge is 0.392 e. The molecule has 0 radical (unpaired) electrons. The Morgan fingerprint density at radius 2 is 2.00 bits per heavy atom. The molecule has 0 amide bonds. The van der Waals surface area contributed by atoms with Gasteiger partial charge in [0.2, 0.25) is 0 Å². The number of rotatable bonds is 5. The van der Waals surface area contributed by atoms with E-state index in [2.05, 4.69) is 18.8 Å². The minimum Gasteiger partial charge on any atom is -0.392 e. The van der Waals surface area contributed by atoms with Crippen molar-refractivity contribution in [1.82, 2.24) is 0 Å². The number of ether oxygens (including phenoxy) is 2. The predicted molar refractivity (Wildman–Crippen MR) is 82.9 cm³/mol. The van der Waals surface area contributed by atoms with E-state index in [0.717, 1.165) is 32.1 Å². The SMILES string of the molecule is CCCCCCC(O)C#CC1CC2C(CC23OCCO3)C1O. The summed E-state index contributed by atoms with van der Waals surface area (Å²) >= 11 is 0. The Balaban J connectivity index is 1.49. The fraction of sp³-hybridized carbons (Fsp3) is 0.889. The summed E-state index contributed by atoms with van der Waals surface area (Å²) in [6, 6.07) is 0. The molecule has 1 heterocycles. The highest BCUT2D eigenvalue weighted by molar-refractivity contribution is 5.18. The maximum Gasteiger partial charge on any atom is 0.172 e. The van der Waals surface area contributed by atoms with E-state index in [-0.39, 0.29) is 17.8 Å². The molecule has 2 aliphatic carbocycles. The van der Waals surface area contributed by atoms with Crippen molar-refractivity contribution in [2.45, 2.75) is 69.9 Å². The number of hydrogen-bond donors (Lipinski definition) is 2. The molecule has 3 rings (SSSR count). The van der Waals surface area contributed by atoms with Gasteiger partial charge in [0.15, 0.2) is 5.79 Å². The van der Waals surface area contributed by atoms with Gasteiger partial charge in [-0.1, -0.05) is 38.0 Å². The van der Waals surface area contributed by atoms with E-state index in [1.54, 1.807) is 0 Å². The van der Waals surface area contributed by atoms with Gasteiger partial charge in [-0.05, 0) is 25.2 Å². The summed E-state index contributed by atoms with van der Waals surface area (Å²) in [6.07, 6.45) is 5.97. The Hall–Kier alpha value is -0.600. The van der Waals surface area contributed by atoms with Gasteiger partial charge in [0.1, 0.15) is 6.10 Å². The molecule has 0 bridgehead atoms. The molecule has 1 aliphatic heterocycles. The van der Waals surface area contributed by atoms with E-state index in [4.69, 9.17) is 9.47 Å². The third-order valence-corrected chi connectivity index (χ3v) is 5.50. The summed E-state index contributed by atoms with van der Waals surface area (Å²) in [7, 11) is 0. The van der Waals surface area contributed by atoms with E-state index in [1.807, 2.05) is 0 Å². The van der Waals surface area contributed by atoms with E-state index < -0.39 is 18.0 Å². The zero-order valence-electron chi connectivity index (χ0n) is 13.5. The van der Waals surface area contributed by atoms with Crippen molar-refractivity contribution in [3.8, 4) is 11.8 Å². The second-order valence-electron chi connectivity index (χ2n) is 6.97. The first-order valence-electron chi connectivity index (χ1n) is 8.81. The van der Waals surface area contributed by atoms with Crippen molar-refractivity contribution in [1.29, 1.82) is 0 Å². The molecule has 0 aromatic heterocycles. The minimum atomic E-state index is -0.560. The molecule has 3 aliphatic rings. The molecule has 124 valence electrons. The van der Waals surface area contributed by atoms with Crippen LogP contribution < -0.4 is 0 Å². The van der Waals surface area contributed by atoms with Gasteiger partial charge >= 0.3 is 0 Å². The first-order chi connectivity index (χ1) is 10.7. The lowest BCUT2D eigenvalue weighted by molar-refractivity contribution is -0.275. The lowest BCUT2D eigenvalue weighted by atomic mass is 9.69. The monoisotopic (exact) mass is 308 g/mol. The van der Waals surface area contributed by atoms with Crippen LogP contribution in [0.3, 0.4) is 0 Å². The van der Waals surface area contributed by atoms with Crippen molar-refractivity contribution in [2.75, 3.05) is 13.2 Å². The average Bonchev–Trinajstić information content (AvgIpc) is 3.08. The van der Waals surface area contributed by atoms with Crippen LogP contribution in [0.5, 0.6) is 0 Å². The van der Waals surface area contributed by atoms with Crippen LogP contribution in [-0.4, -0.2) is 41.4 Å². The maximum absolute atomic E-state index is 10.4. The number of aliphatic hydroxyl groups is 2. The Morgan fingerprint density at radius 1 is 1.23 bits per heavy atom. The summed E-state index contributed by atoms with van der Waals surface area (Å²) < 4.78 is 11.5. The molecule has 5 unspecified atom stereocenters. The van der Waals surface area contributed by atoms with Gasteiger partial charge < -0.3 is 19.7 Å². The van der Waals surface area contributed by atoms with Crippen molar-refractivity contribution in [3.05, 3.63) is 0 Å². The van der Waals surface area contributed by atoms with Gasteiger partial charge in [-0.15, -0.1) is 0 Å². The lowest BCUT2D eigenvalue weighted by Gasteiger charge is -2.48. The molecule has 3 fully saturated rings. The summed E-state index contributed by atoms with van der Waals surface area (Å²) in [5, 5.41) is 20.3. The van der Waals surface area contributed by atoms with Gasteiger partial charge in [0, 0.05) is 18.3 Å². The zero-order valence-corrected chi connectivity index (χ0v) is 13.5. The average molecular weight is 308 g/mol. The van der Waals surface area contributed by atoms with Crippen LogP contribution in [0.15, 0.2) is 0 Å². The predicted octanol–water partition coefficient (Wildman–Crippen LogP) is 2.08. The Kier molecular flexibility index (Phi) is 5.09. The zero-order chi connectivity index (χ0) is 15.6. The van der Waals surface area contributed by atoms with Crippen molar-refractivity contribution < 1.29 is 19.7 Å². The number of aliphatic hydroxyl groups excluding tert-OH is 2. The van der Waals surface area contributed by atoms with E-state index in [9.17, 15) is 10.2 Å². The Labute approximate surface area is 133 Å². The van der Waals surface area contributed by atoms with Gasteiger partial charge in [-0.25, -0.2) is 0 Å². The number of unbranched alkanes of at least 4 members (excludes halogenated alkanes) is 3. The van der Waals surface area contributed by atoms with Crippen LogP contribution in [0.4, 0.5) is 0 Å². The molecule has 2 N–H and O–H groups in total. The highest BCUT2D eigenvalue weighted by Crippen LogP contribution is 2.58. The third-order valence-electron chi connectivity index (χ3n) is 5.50. The first kappa shape index (κ1) is 16.3. The molecule has 5 atom stereocenters. The highest BCUT2D eigenvalue weighted by atomic mass is 16.7. The molecule has 22 heavy (non-hydrogen) atoms. The first-order valence-corrected chi connectivity index (χ1v) is 8.81. The second-order valence-corrected chi connectivity index (χ2v) is 6.97. The fourth-order valence-corrected chi connectivity index (χ4v) is 4.20. The van der Waals surface area contributed by atoms with Crippen LogP contribution in [0.1, 0.15) is 51.9 Å². The highest BCUT2D eigenvalue weighted by Gasteiger charge is 2.64. The van der Waals surface area contributed by atoms with Crippen LogP contribution in [0.2, 0.25) is 0 Å². The van der Waals surface area contributed by atoms with Crippen molar-refractivity contribution in [3.63, 3.8) is 0 Å². The molecule has 1 spiro atoms. The maximum atomic E-state index is 10.4. The summed E-state index contributed by atoms with van der Waals surface area (Å²) in [5.41, 5.74) is 0. The minimum absolute atomic E-state index is 0.0486. The van der Waals surface area contributed by atoms with E-state index in [0.29, 0.717) is 13.2 Å². The van der Waals surface area contributed by atoms with Crippen LogP contribution >= 0.6 is 0 Å². The molecular formula is C18H28O4. The lowest BCUT2D eigenvalue weighted by Crippen LogP contribution is -2.54. The summed E-state index contributed by atoms with van der Waals surface area (Å²) in [4.78, 5) is 0. The van der Waals surface area contributed by atoms with Crippen LogP contribution in [0, 0.1) is 29.6 Å². The quantitative estimate of drug-likeness (QED) is 0.603. The standard InChI is InChI=1S/C18H28O4/c1-2-3-4-5-6-14(19)8-7-13-11-16-15(17(13)20)12-18(16)21-9-10-22-18/h13-17,19-20H,2-6,9-12H2,1H3. The molecule has 1 saturated heterocycles. The summed E-state index contributed by atoms with van der Waals surface area (Å²) in [6.45, 7) is 3.49. The Bertz CT molecular complexity index is 432. The number of fused-ring (bicyclic) bond motifs is 2. The second kappa shape index (κ2) is 6.88. The molecule has 0 aromatic carbocycles. The van der Waals surface area contributed by atoms with E-state index >= 15 is 0 Å². The van der Waals surface area contributed by atoms with Crippen molar-refractivity contribution in [2.24, 2.45) is 17.8 Å². The molecule has 4 heteroatoms. The smallest absolute Gasteiger partial charge is 0.172 e. The normalized spacial score (nSPS) is 36.5. The van der Waals surface area contributed by atoms with Gasteiger partial charge in [-0.3, -0.25) is 0 Å². The Morgan fingerprint density at radius 3 is 2.73 bits per heavy atom. The molecular weight excluding hydrogens is 280 g/mol. The molecule has 0 aromatic rings. The summed E-state index contributed by atoms with van der Waals surface area (Å²) in [5.74, 6) is 6.10. The van der Waals surface area contributed by atoms with Gasteiger partial charge in [0.25, 0.3) is 0 Å². The number of hydrogen-bond acceptors (Lipinski definition) is 4. The topological polar surface area (TPSA) is 58.9 Å². The van der Waals surface area contributed by atoms with Gasteiger partial charge in [-0.2, -0.15) is 0 Å². The van der Waals surface area contributed by atoms with Crippen molar-refractivity contribution >= 4 is 0 Å². The van der Waals surface area contributed by atoms with Crippen LogP contribution in [0.25, 0.3) is 0 Å². The fourth-order valence-electron chi connectivity index (χ4n) is 4.20. The molecule has 2 saturated carbocycles. The molecule has 4 nitrogen and oxygen atoms in total.